The molecule has 4 saturated carbocycles. The standard InChI is InChI=1S/C27H42O5/c1-13(2)25-20(30)8-14(3)23-22(32-25)11-17-16-10-19(29)18-9-15(28)6-7-26(18,4)24(16)21(31)12-27(17,23)5/h13-18,21-25,28,31H,6-12H2,1-5H3/t14-,15-,16-,17-,18-,21+,22-,23-,24+,25+,26-,27-/m0/s1. The Labute approximate surface area is 192 Å². The minimum absolute atomic E-state index is 0.0265. The largest absolute Gasteiger partial charge is 0.393 e. The molecule has 5 aliphatic rings. The van der Waals surface area contributed by atoms with Crippen LogP contribution >= 0.6 is 0 Å². The highest BCUT2D eigenvalue weighted by molar-refractivity contribution is 5.84. The highest BCUT2D eigenvalue weighted by atomic mass is 16.5. The molecular weight excluding hydrogens is 404 g/mol. The van der Waals surface area contributed by atoms with Crippen LogP contribution in [-0.4, -0.2) is 46.2 Å². The Morgan fingerprint density at radius 2 is 1.72 bits per heavy atom. The highest BCUT2D eigenvalue weighted by Gasteiger charge is 2.67. The van der Waals surface area contributed by atoms with Crippen LogP contribution in [0.5, 0.6) is 0 Å². The van der Waals surface area contributed by atoms with E-state index in [0.29, 0.717) is 31.0 Å². The Morgan fingerprint density at radius 1 is 1.00 bits per heavy atom. The van der Waals surface area contributed by atoms with Gasteiger partial charge in [-0.2, -0.15) is 0 Å². The molecule has 0 bridgehead atoms. The van der Waals surface area contributed by atoms with Crippen LogP contribution in [0.15, 0.2) is 0 Å². The second-order valence-corrected chi connectivity index (χ2v) is 13.0. The summed E-state index contributed by atoms with van der Waals surface area (Å²) in [7, 11) is 0. The molecular formula is C27H42O5. The molecule has 5 fully saturated rings. The summed E-state index contributed by atoms with van der Waals surface area (Å²) in [6.45, 7) is 10.8. The number of carbonyl (C=O) groups is 2. The molecule has 5 heteroatoms. The molecule has 32 heavy (non-hydrogen) atoms. The highest BCUT2D eigenvalue weighted by Crippen LogP contribution is 2.68. The Kier molecular flexibility index (Phi) is 5.47. The number of fused-ring (bicyclic) bond motifs is 7. The molecule has 0 spiro atoms. The molecule has 4 aliphatic carbocycles. The van der Waals surface area contributed by atoms with Gasteiger partial charge in [0.25, 0.3) is 0 Å². The topological polar surface area (TPSA) is 83.8 Å². The fraction of sp³-hybridized carbons (Fsp3) is 0.926. The first-order chi connectivity index (χ1) is 15.0. The second kappa shape index (κ2) is 7.61. The molecule has 0 unspecified atom stereocenters. The first-order valence-electron chi connectivity index (χ1n) is 13.0. The van der Waals surface area contributed by atoms with Gasteiger partial charge < -0.3 is 14.9 Å². The number of hydrogen-bond donors (Lipinski definition) is 2. The molecule has 0 aromatic rings. The van der Waals surface area contributed by atoms with E-state index < -0.39 is 12.2 Å². The van der Waals surface area contributed by atoms with Gasteiger partial charge >= 0.3 is 0 Å². The molecule has 0 aromatic carbocycles. The van der Waals surface area contributed by atoms with E-state index >= 15 is 0 Å². The SMILES string of the molecule is CC(C)[C@H]1O[C@H]2C[C@H]3[C@@H]4CC(=O)[C@@H]5C[C@@H](O)CC[C@]5(C)[C@H]4[C@H](O)C[C@]3(C)[C@H]2[C@@H](C)CC1=O. The number of aliphatic hydroxyl groups excluding tert-OH is 2. The second-order valence-electron chi connectivity index (χ2n) is 13.0. The van der Waals surface area contributed by atoms with Crippen molar-refractivity contribution >= 4 is 11.6 Å². The van der Waals surface area contributed by atoms with Crippen molar-refractivity contribution in [1.29, 1.82) is 0 Å². The number of carbonyl (C=O) groups excluding carboxylic acids is 2. The van der Waals surface area contributed by atoms with Crippen LogP contribution < -0.4 is 0 Å². The van der Waals surface area contributed by atoms with E-state index in [1.807, 2.05) is 0 Å². The summed E-state index contributed by atoms with van der Waals surface area (Å²) in [5.41, 5.74) is -0.345. The van der Waals surface area contributed by atoms with Crippen LogP contribution in [-0.2, 0) is 14.3 Å². The molecule has 0 aromatic heterocycles. The average molecular weight is 447 g/mol. The fourth-order valence-electron chi connectivity index (χ4n) is 9.69. The maximum absolute atomic E-state index is 13.4. The molecule has 2 N–H and O–H groups in total. The third kappa shape index (κ3) is 3.13. The van der Waals surface area contributed by atoms with Crippen LogP contribution in [0.4, 0.5) is 0 Å². The summed E-state index contributed by atoms with van der Waals surface area (Å²) in [5, 5.41) is 21.9. The van der Waals surface area contributed by atoms with Crippen molar-refractivity contribution in [2.45, 2.75) is 104 Å². The molecule has 0 radical (unpaired) electrons. The monoisotopic (exact) mass is 446 g/mol. The summed E-state index contributed by atoms with van der Waals surface area (Å²) in [4.78, 5) is 26.3. The normalized spacial score (nSPS) is 55.6. The van der Waals surface area contributed by atoms with Crippen molar-refractivity contribution in [2.24, 2.45) is 52.3 Å². The van der Waals surface area contributed by atoms with Crippen molar-refractivity contribution in [3.8, 4) is 0 Å². The van der Waals surface area contributed by atoms with Gasteiger partial charge in [0.05, 0.1) is 18.3 Å². The average Bonchev–Trinajstić information content (AvgIpc) is 2.90. The van der Waals surface area contributed by atoms with Gasteiger partial charge in [-0.25, -0.2) is 0 Å². The van der Waals surface area contributed by atoms with Crippen molar-refractivity contribution in [2.75, 3.05) is 0 Å². The molecule has 1 aliphatic heterocycles. The molecule has 5 nitrogen and oxygen atoms in total. The summed E-state index contributed by atoms with van der Waals surface area (Å²) in [5.74, 6) is 1.62. The van der Waals surface area contributed by atoms with Crippen molar-refractivity contribution in [1.82, 2.24) is 0 Å². The van der Waals surface area contributed by atoms with Gasteiger partial charge in [0.2, 0.25) is 0 Å². The van der Waals surface area contributed by atoms with Gasteiger partial charge in [-0.15, -0.1) is 0 Å². The number of hydrogen-bond acceptors (Lipinski definition) is 5. The molecule has 12 atom stereocenters. The number of ether oxygens (including phenoxy) is 1. The van der Waals surface area contributed by atoms with Gasteiger partial charge in [0.1, 0.15) is 11.9 Å². The van der Waals surface area contributed by atoms with Gasteiger partial charge in [0.15, 0.2) is 5.78 Å². The van der Waals surface area contributed by atoms with Crippen molar-refractivity contribution in [3.63, 3.8) is 0 Å². The smallest absolute Gasteiger partial charge is 0.162 e. The van der Waals surface area contributed by atoms with Crippen molar-refractivity contribution < 1.29 is 24.5 Å². The molecule has 1 saturated heterocycles. The van der Waals surface area contributed by atoms with Gasteiger partial charge in [-0.1, -0.05) is 34.6 Å². The quantitative estimate of drug-likeness (QED) is 0.640. The lowest BCUT2D eigenvalue weighted by molar-refractivity contribution is -0.185. The predicted octanol–water partition coefficient (Wildman–Crippen LogP) is 3.78. The minimum atomic E-state index is -0.442. The zero-order valence-corrected chi connectivity index (χ0v) is 20.4. The van der Waals surface area contributed by atoms with E-state index in [-0.39, 0.29) is 64.3 Å². The molecule has 180 valence electrons. The number of rotatable bonds is 1. The summed E-state index contributed by atoms with van der Waals surface area (Å²) < 4.78 is 6.58. The summed E-state index contributed by atoms with van der Waals surface area (Å²) in [6, 6.07) is 0. The first-order valence-corrected chi connectivity index (χ1v) is 13.0. The van der Waals surface area contributed by atoms with E-state index in [0.717, 1.165) is 25.7 Å². The maximum Gasteiger partial charge on any atom is 0.162 e. The Hall–Kier alpha value is -0.780. The number of ketones is 2. The Balaban J connectivity index is 1.51. The van der Waals surface area contributed by atoms with E-state index in [1.54, 1.807) is 0 Å². The van der Waals surface area contributed by atoms with Gasteiger partial charge in [-0.05, 0) is 78.4 Å². The van der Waals surface area contributed by atoms with Crippen LogP contribution in [0.3, 0.4) is 0 Å². The minimum Gasteiger partial charge on any atom is -0.393 e. The number of Topliss-reactive ketones (excluding diaryl/α,β-unsaturated/α-hetero) is 2. The third-order valence-corrected chi connectivity index (χ3v) is 10.8. The molecule has 1 heterocycles. The lowest BCUT2D eigenvalue weighted by atomic mass is 9.43. The van der Waals surface area contributed by atoms with Gasteiger partial charge in [-0.3, -0.25) is 9.59 Å². The van der Waals surface area contributed by atoms with Crippen molar-refractivity contribution in [3.05, 3.63) is 0 Å². The van der Waals surface area contributed by atoms with E-state index in [9.17, 15) is 19.8 Å². The van der Waals surface area contributed by atoms with E-state index in [4.69, 9.17) is 4.74 Å². The fourth-order valence-corrected chi connectivity index (χ4v) is 9.69. The summed E-state index contributed by atoms with van der Waals surface area (Å²) in [6.07, 6.45) is 3.64. The first kappa shape index (κ1) is 23.0. The predicted molar refractivity (Wildman–Crippen MR) is 121 cm³/mol. The lowest BCUT2D eigenvalue weighted by Gasteiger charge is -2.61. The maximum atomic E-state index is 13.4. The third-order valence-electron chi connectivity index (χ3n) is 10.8. The Bertz CT molecular complexity index is 793. The van der Waals surface area contributed by atoms with E-state index in [1.165, 1.54) is 0 Å². The van der Waals surface area contributed by atoms with Crippen LogP contribution in [0.2, 0.25) is 0 Å². The zero-order chi connectivity index (χ0) is 23.2. The van der Waals surface area contributed by atoms with Crippen LogP contribution in [0.25, 0.3) is 0 Å². The van der Waals surface area contributed by atoms with Crippen LogP contribution in [0, 0.1) is 52.3 Å². The van der Waals surface area contributed by atoms with Crippen LogP contribution in [0.1, 0.15) is 79.6 Å². The van der Waals surface area contributed by atoms with E-state index in [2.05, 4.69) is 34.6 Å². The Morgan fingerprint density at radius 3 is 2.41 bits per heavy atom. The zero-order valence-electron chi connectivity index (χ0n) is 20.4. The molecule has 0 amide bonds. The van der Waals surface area contributed by atoms with Gasteiger partial charge in [0, 0.05) is 18.8 Å². The summed E-state index contributed by atoms with van der Waals surface area (Å²) >= 11 is 0. The lowest BCUT2D eigenvalue weighted by Crippen LogP contribution is -2.61. The molecule has 5 rings (SSSR count). The number of aliphatic hydroxyl groups is 2.